The summed E-state index contributed by atoms with van der Waals surface area (Å²) in [4.78, 5) is 65.6. The molecule has 16 nitrogen and oxygen atoms in total. The molecule has 416 valence electrons. The minimum absolute atomic E-state index is 0.0435. The number of hydrogen-bond donors (Lipinski definition) is 6. The lowest BCUT2D eigenvalue weighted by molar-refractivity contribution is -0.221. The summed E-state index contributed by atoms with van der Waals surface area (Å²) < 4.78 is 123. The van der Waals surface area contributed by atoms with Crippen molar-refractivity contribution < 1.29 is 69.3 Å². The number of piperazine rings is 1. The van der Waals surface area contributed by atoms with Crippen LogP contribution < -0.4 is 26.3 Å². The Morgan fingerprint density at radius 2 is 1.36 bits per heavy atom. The smallest absolute Gasteiger partial charge is 0.407 e. The van der Waals surface area contributed by atoms with Crippen molar-refractivity contribution in [3.8, 4) is 23.1 Å². The number of hydrogen-bond acceptors (Lipinski definition) is 11. The number of hydrazine groups is 1. The molecule has 2 fully saturated rings. The van der Waals surface area contributed by atoms with Crippen molar-refractivity contribution in [1.82, 2.24) is 41.3 Å². The van der Waals surface area contributed by atoms with Gasteiger partial charge in [-0.05, 0) is 115 Å². The second-order valence-electron chi connectivity index (χ2n) is 20.4. The second kappa shape index (κ2) is 24.1. The number of rotatable bonds is 18. The number of pyridine rings is 2. The number of fused-ring (bicyclic) bond motifs is 2. The van der Waals surface area contributed by atoms with Gasteiger partial charge in [-0.2, -0.15) is 26.3 Å². The molecule has 6 N–H and O–H groups in total. The zero-order chi connectivity index (χ0) is 56.8. The van der Waals surface area contributed by atoms with Gasteiger partial charge < -0.3 is 35.8 Å². The number of methoxy groups -OCH3 is 1. The third kappa shape index (κ3) is 14.3. The maximum atomic E-state index is 16.0. The van der Waals surface area contributed by atoms with Crippen LogP contribution in [0.3, 0.4) is 0 Å². The number of ether oxygens (including phenoxy) is 1. The molecule has 2 bridgehead atoms. The quantitative estimate of drug-likeness (QED) is 0.0330. The topological polar surface area (TPSA) is 202 Å². The van der Waals surface area contributed by atoms with Gasteiger partial charge in [0.05, 0.1) is 35.8 Å². The molecular formula is C53H61F8N9O7. The molecule has 4 aromatic rings. The molecule has 2 aliphatic rings. The number of aliphatic hydroxyl groups is 1. The molecule has 0 saturated carbocycles. The van der Waals surface area contributed by atoms with Crippen LogP contribution in [0.25, 0.3) is 11.3 Å². The highest BCUT2D eigenvalue weighted by Crippen LogP contribution is 2.42. The van der Waals surface area contributed by atoms with Crippen molar-refractivity contribution in [2.75, 3.05) is 31.6 Å². The van der Waals surface area contributed by atoms with Crippen LogP contribution in [-0.4, -0.2) is 136 Å². The molecular weight excluding hydrogens is 1030 g/mol. The summed E-state index contributed by atoms with van der Waals surface area (Å²) in [6.45, 7) is 6.28. The lowest BCUT2D eigenvalue weighted by Crippen LogP contribution is -2.63. The summed E-state index contributed by atoms with van der Waals surface area (Å²) in [7, 11) is 0.838. The molecule has 0 aliphatic carbocycles. The highest BCUT2D eigenvalue weighted by Gasteiger charge is 2.57. The predicted octanol–water partition coefficient (Wildman–Crippen LogP) is 7.34. The van der Waals surface area contributed by atoms with Crippen molar-refractivity contribution >= 4 is 29.8 Å². The van der Waals surface area contributed by atoms with Crippen molar-refractivity contribution in [3.05, 3.63) is 113 Å². The van der Waals surface area contributed by atoms with Crippen molar-refractivity contribution in [2.45, 2.75) is 122 Å². The molecule has 4 heterocycles. The number of aliphatic hydroxyl groups excluding tert-OH is 1. The van der Waals surface area contributed by atoms with Crippen molar-refractivity contribution in [2.24, 2.45) is 10.8 Å². The first-order chi connectivity index (χ1) is 36.0. The Morgan fingerprint density at radius 1 is 0.792 bits per heavy atom. The van der Waals surface area contributed by atoms with E-state index in [1.807, 2.05) is 22.9 Å². The summed E-state index contributed by atoms with van der Waals surface area (Å²) >= 11 is 0. The Hall–Kier alpha value is -7.10. The standard InChI is InChI=1S/C53H61F8N9O7/c1-30(2)70-35-18-19-36(70)27-68(26-35)43-20-17-33(25-63-43)16-13-31-11-14-32(15-12-31)22-41(64-46(72)44(66-49(76)77-7)50(3,4)52(56,57)58)42(71)29-69(67-47(73)45(65-48(74)75)51(5,6)53(59,60)61)28-37-38(54)23-34(24-39(37)55)40-10-8-9-21-62-40/h8-12,14-15,17,20-21,23-25,30,35-36,41-42,44-45,65,71H,18-19,22,26-29H2,1-7H3,(H,64,72)(H,66,76)(H,67,73)(H,74,75). The zero-order valence-corrected chi connectivity index (χ0v) is 43.2. The number of nitrogens with one attached hydrogen (secondary N) is 4. The molecule has 2 aromatic heterocycles. The van der Waals surface area contributed by atoms with Crippen LogP contribution in [0.4, 0.5) is 50.5 Å². The molecule has 6 unspecified atom stereocenters. The van der Waals surface area contributed by atoms with Gasteiger partial charge in [0.25, 0.3) is 5.91 Å². The lowest BCUT2D eigenvalue weighted by atomic mass is 9.82. The highest BCUT2D eigenvalue weighted by atomic mass is 19.4. The molecule has 6 atom stereocenters. The number of carbonyl (C=O) groups is 4. The van der Waals surface area contributed by atoms with Gasteiger partial charge in [0, 0.05) is 79.0 Å². The van der Waals surface area contributed by atoms with E-state index in [2.05, 4.69) is 55.5 Å². The van der Waals surface area contributed by atoms with Crippen molar-refractivity contribution in [1.29, 1.82) is 0 Å². The predicted molar refractivity (Wildman–Crippen MR) is 266 cm³/mol. The first kappa shape index (κ1) is 59.1. The Morgan fingerprint density at radius 3 is 1.87 bits per heavy atom. The van der Waals surface area contributed by atoms with Gasteiger partial charge in [0.2, 0.25) is 5.91 Å². The molecule has 2 aromatic carbocycles. The number of anilines is 1. The fraction of sp³-hybridized carbons (Fsp3) is 0.472. The number of alkyl carbamates (subject to hydrolysis) is 1. The van der Waals surface area contributed by atoms with Gasteiger partial charge in [-0.3, -0.25) is 24.9 Å². The molecule has 77 heavy (non-hydrogen) atoms. The molecule has 4 amide bonds. The fourth-order valence-electron chi connectivity index (χ4n) is 9.41. The van der Waals surface area contributed by atoms with Crippen LogP contribution in [0.15, 0.2) is 79.1 Å². The summed E-state index contributed by atoms with van der Waals surface area (Å²) in [5.74, 6) is 1.17. The summed E-state index contributed by atoms with van der Waals surface area (Å²) in [5.41, 5.74) is -3.45. The van der Waals surface area contributed by atoms with E-state index in [1.54, 1.807) is 30.5 Å². The van der Waals surface area contributed by atoms with E-state index in [-0.39, 0.29) is 11.3 Å². The minimum atomic E-state index is -5.23. The van der Waals surface area contributed by atoms with Crippen LogP contribution in [0.1, 0.15) is 76.6 Å². The summed E-state index contributed by atoms with van der Waals surface area (Å²) in [5, 5.41) is 27.8. The molecule has 24 heteroatoms. The minimum Gasteiger partial charge on any atom is -0.465 e. The molecule has 2 saturated heterocycles. The number of amides is 4. The molecule has 0 radical (unpaired) electrons. The molecule has 0 spiro atoms. The van der Waals surface area contributed by atoms with Crippen LogP contribution in [-0.2, 0) is 27.3 Å². The van der Waals surface area contributed by atoms with Gasteiger partial charge >= 0.3 is 24.5 Å². The number of alkyl halides is 6. The normalized spacial score (nSPS) is 17.7. The van der Waals surface area contributed by atoms with Gasteiger partial charge in [-0.25, -0.2) is 28.4 Å². The SMILES string of the molecule is COC(=O)NC(C(=O)NC(Cc1ccc(C#Cc2ccc(N3CC4CCC(C3)N4C(C)C)nc2)cc1)C(O)CN(Cc1c(F)cc(-c2ccccn2)cc1F)NC(=O)C(NC(=O)O)C(C)(C)C(F)(F)F)C(C)(C)C(F)(F)F. The number of carbonyl (C=O) groups excluding carboxylic acids is 3. The van der Waals surface area contributed by atoms with E-state index in [1.165, 1.54) is 29.7 Å². The Kier molecular flexibility index (Phi) is 18.5. The summed E-state index contributed by atoms with van der Waals surface area (Å²) in [6, 6.07) is 10.8. The Labute approximate surface area is 439 Å². The second-order valence-corrected chi connectivity index (χ2v) is 20.4. The fourth-order valence-corrected chi connectivity index (χ4v) is 9.41. The third-order valence-corrected chi connectivity index (χ3v) is 14.0. The van der Waals surface area contributed by atoms with Gasteiger partial charge in [-0.1, -0.05) is 30.0 Å². The zero-order valence-electron chi connectivity index (χ0n) is 43.2. The van der Waals surface area contributed by atoms with E-state index >= 15 is 8.78 Å². The largest absolute Gasteiger partial charge is 0.465 e. The van der Waals surface area contributed by atoms with Gasteiger partial charge in [-0.15, -0.1) is 0 Å². The number of nitrogens with zero attached hydrogens (tertiary/aromatic N) is 5. The van der Waals surface area contributed by atoms with Gasteiger partial charge in [0.15, 0.2) is 0 Å². The molecule has 6 rings (SSSR count). The van der Waals surface area contributed by atoms with Gasteiger partial charge in [0.1, 0.15) is 29.5 Å². The number of aromatic nitrogens is 2. The average molecular weight is 1090 g/mol. The number of carboxylic acid groups (broad SMARTS) is 1. The highest BCUT2D eigenvalue weighted by molar-refractivity contribution is 5.87. The number of benzene rings is 2. The van der Waals surface area contributed by atoms with Crippen LogP contribution in [0.5, 0.6) is 0 Å². The Bertz CT molecular complexity index is 2750. The number of halogens is 8. The monoisotopic (exact) mass is 1090 g/mol. The molecule has 2 aliphatic heterocycles. The van der Waals surface area contributed by atoms with E-state index in [0.29, 0.717) is 67.5 Å². The van der Waals surface area contributed by atoms with E-state index in [0.717, 1.165) is 51.0 Å². The van der Waals surface area contributed by atoms with Crippen LogP contribution in [0, 0.1) is 34.3 Å². The van der Waals surface area contributed by atoms with E-state index in [4.69, 9.17) is 0 Å². The average Bonchev–Trinajstić information content (AvgIpc) is 3.65. The summed E-state index contributed by atoms with van der Waals surface area (Å²) in [6.07, 6.45) is -11.1. The van der Waals surface area contributed by atoms with E-state index < -0.39 is 108 Å². The first-order valence-corrected chi connectivity index (χ1v) is 24.5. The third-order valence-electron chi connectivity index (χ3n) is 14.0. The maximum Gasteiger partial charge on any atom is 0.407 e. The maximum absolute atomic E-state index is 16.0. The van der Waals surface area contributed by atoms with Crippen LogP contribution >= 0.6 is 0 Å². The first-order valence-electron chi connectivity index (χ1n) is 24.5. The van der Waals surface area contributed by atoms with Crippen molar-refractivity contribution in [3.63, 3.8) is 0 Å². The lowest BCUT2D eigenvalue weighted by Gasteiger charge is -2.43. The van der Waals surface area contributed by atoms with Crippen LogP contribution in [0.2, 0.25) is 0 Å². The Balaban J connectivity index is 1.32. The van der Waals surface area contributed by atoms with E-state index in [9.17, 15) is 55.7 Å².